The summed E-state index contributed by atoms with van der Waals surface area (Å²) >= 11 is 0. The molecule has 5 heteroatoms. The molecule has 2 heterocycles. The lowest BCUT2D eigenvalue weighted by atomic mass is 9.98. The largest absolute Gasteiger partial charge is 0.397 e. The quantitative estimate of drug-likeness (QED) is 0.241. The molecule has 2 aromatic heterocycles. The van der Waals surface area contributed by atoms with Gasteiger partial charge in [-0.05, 0) is 99.1 Å². The summed E-state index contributed by atoms with van der Waals surface area (Å²) in [4.78, 5) is 9.40. The van der Waals surface area contributed by atoms with Crippen molar-refractivity contribution in [2.75, 3.05) is 11.1 Å². The van der Waals surface area contributed by atoms with Crippen LogP contribution in [0.3, 0.4) is 0 Å². The minimum atomic E-state index is 0.288. The predicted molar refractivity (Wildman–Crippen MR) is 167 cm³/mol. The Morgan fingerprint density at radius 3 is 2.56 bits per heavy atom. The predicted octanol–water partition coefficient (Wildman–Crippen LogP) is 7.63. The van der Waals surface area contributed by atoms with Crippen LogP contribution in [0.4, 0.5) is 11.4 Å². The molecule has 0 aliphatic heterocycles. The lowest BCUT2D eigenvalue weighted by Gasteiger charge is -2.18. The molecule has 1 aliphatic rings. The smallest absolute Gasteiger partial charge is 0.0953 e. The van der Waals surface area contributed by atoms with E-state index in [0.29, 0.717) is 22.7 Å². The molecule has 4 N–H and O–H groups in total. The van der Waals surface area contributed by atoms with Crippen LogP contribution in [-0.2, 0) is 12.8 Å². The van der Waals surface area contributed by atoms with Gasteiger partial charge in [0.05, 0.1) is 29.0 Å². The van der Waals surface area contributed by atoms with Crippen molar-refractivity contribution in [2.24, 2.45) is 0 Å². The number of pyridine rings is 2. The fraction of sp³-hybridized carbons (Fsp3) is 0.235. The van der Waals surface area contributed by atoms with Gasteiger partial charge >= 0.3 is 0 Å². The lowest BCUT2D eigenvalue weighted by Crippen LogP contribution is -2.20. The summed E-state index contributed by atoms with van der Waals surface area (Å²) in [6, 6.07) is 10.8. The van der Waals surface area contributed by atoms with E-state index in [2.05, 4.69) is 74.3 Å². The van der Waals surface area contributed by atoms with Gasteiger partial charge in [-0.3, -0.25) is 4.98 Å². The number of anilines is 2. The first kappa shape index (κ1) is 27.6. The number of nitrogen functional groups attached to an aromatic ring is 1. The van der Waals surface area contributed by atoms with Crippen LogP contribution in [0.5, 0.6) is 0 Å². The number of hydrogen-bond acceptors (Lipinski definition) is 5. The van der Waals surface area contributed by atoms with E-state index >= 15 is 0 Å². The Labute approximate surface area is 233 Å². The molecule has 0 unspecified atom stereocenters. The van der Waals surface area contributed by atoms with E-state index in [-0.39, 0.29) is 6.04 Å². The molecular weight excluding hydrogens is 478 g/mol. The van der Waals surface area contributed by atoms with Gasteiger partial charge in [0.2, 0.25) is 0 Å². The highest BCUT2D eigenvalue weighted by atomic mass is 14.9. The Kier molecular flexibility index (Phi) is 8.50. The average Bonchev–Trinajstić information content (AvgIpc) is 3.40. The van der Waals surface area contributed by atoms with E-state index in [1.807, 2.05) is 43.6 Å². The molecule has 0 amide bonds. The summed E-state index contributed by atoms with van der Waals surface area (Å²) in [7, 11) is 0. The maximum absolute atomic E-state index is 6.36. The zero-order valence-corrected chi connectivity index (χ0v) is 23.6. The van der Waals surface area contributed by atoms with E-state index < -0.39 is 0 Å². The Morgan fingerprint density at radius 1 is 1.08 bits per heavy atom. The van der Waals surface area contributed by atoms with Gasteiger partial charge in [-0.1, -0.05) is 44.0 Å². The van der Waals surface area contributed by atoms with Crippen LogP contribution in [0, 0.1) is 6.92 Å². The van der Waals surface area contributed by atoms with Crippen molar-refractivity contribution in [3.8, 4) is 11.1 Å². The molecule has 0 fully saturated rings. The molecule has 0 saturated carbocycles. The molecule has 0 atom stereocenters. The highest BCUT2D eigenvalue weighted by molar-refractivity contribution is 5.86. The minimum absolute atomic E-state index is 0.288. The third-order valence-electron chi connectivity index (χ3n) is 7.08. The summed E-state index contributed by atoms with van der Waals surface area (Å²) in [5, 5.41) is 6.82. The van der Waals surface area contributed by atoms with Crippen molar-refractivity contribution < 1.29 is 0 Å². The van der Waals surface area contributed by atoms with Crippen LogP contribution >= 0.6 is 0 Å². The topological polar surface area (TPSA) is 75.9 Å². The summed E-state index contributed by atoms with van der Waals surface area (Å²) in [6.07, 6.45) is 13.1. The van der Waals surface area contributed by atoms with Crippen molar-refractivity contribution in [2.45, 2.75) is 53.0 Å². The summed E-state index contributed by atoms with van der Waals surface area (Å²) in [6.45, 7) is 20.7. The van der Waals surface area contributed by atoms with E-state index in [1.165, 1.54) is 29.5 Å². The van der Waals surface area contributed by atoms with Crippen molar-refractivity contribution in [1.82, 2.24) is 15.3 Å². The first-order chi connectivity index (χ1) is 18.7. The van der Waals surface area contributed by atoms with E-state index in [1.54, 1.807) is 6.08 Å². The second-order valence-electron chi connectivity index (χ2n) is 10.3. The molecule has 0 saturated heterocycles. The first-order valence-electron chi connectivity index (χ1n) is 13.5. The number of aryl methyl sites for hydroxylation is 2. The number of fused-ring (bicyclic) bond motifs is 1. The number of benzene rings is 1. The number of nitrogens with zero attached hydrogens (tertiary/aromatic N) is 2. The fourth-order valence-electron chi connectivity index (χ4n) is 4.90. The third-order valence-corrected chi connectivity index (χ3v) is 7.08. The van der Waals surface area contributed by atoms with Gasteiger partial charge in [0.1, 0.15) is 0 Å². The van der Waals surface area contributed by atoms with Gasteiger partial charge in [0.15, 0.2) is 0 Å². The third kappa shape index (κ3) is 6.20. The summed E-state index contributed by atoms with van der Waals surface area (Å²) in [5.41, 5.74) is 18.6. The van der Waals surface area contributed by atoms with Gasteiger partial charge in [-0.15, -0.1) is 0 Å². The number of nitrogens with two attached hydrogens (primary N) is 1. The molecule has 5 nitrogen and oxygen atoms in total. The van der Waals surface area contributed by atoms with Gasteiger partial charge in [-0.2, -0.15) is 0 Å². The van der Waals surface area contributed by atoms with Crippen LogP contribution in [0.2, 0.25) is 0 Å². The molecule has 4 rings (SSSR count). The van der Waals surface area contributed by atoms with Gasteiger partial charge in [0.25, 0.3) is 0 Å². The normalized spacial score (nSPS) is 13.3. The SMILES string of the molecule is C=C/C(=C\C(=C/C)c1ccc(N)c(C(=C)C(=C)Nc2cncc(-c3ccc4c(c3)CCC4)c2C)n1)NC(C)C. The van der Waals surface area contributed by atoms with Crippen LogP contribution < -0.4 is 16.4 Å². The number of aromatic nitrogens is 2. The molecule has 200 valence electrons. The highest BCUT2D eigenvalue weighted by Crippen LogP contribution is 2.33. The first-order valence-corrected chi connectivity index (χ1v) is 13.5. The molecule has 0 bridgehead atoms. The van der Waals surface area contributed by atoms with Crippen LogP contribution in [0.1, 0.15) is 55.3 Å². The highest BCUT2D eigenvalue weighted by Gasteiger charge is 2.16. The Morgan fingerprint density at radius 2 is 1.85 bits per heavy atom. The zero-order chi connectivity index (χ0) is 28.1. The number of allylic oxidation sites excluding steroid dienone is 5. The Balaban J connectivity index is 1.58. The molecule has 39 heavy (non-hydrogen) atoms. The molecular formula is C34H39N5. The minimum Gasteiger partial charge on any atom is -0.397 e. The van der Waals surface area contributed by atoms with E-state index in [0.717, 1.165) is 40.2 Å². The molecule has 1 aliphatic carbocycles. The zero-order valence-electron chi connectivity index (χ0n) is 23.6. The molecule has 0 spiro atoms. The van der Waals surface area contributed by atoms with Gasteiger partial charge in [-0.25, -0.2) is 4.98 Å². The fourth-order valence-corrected chi connectivity index (χ4v) is 4.90. The van der Waals surface area contributed by atoms with Gasteiger partial charge in [0, 0.05) is 34.8 Å². The molecule has 0 radical (unpaired) electrons. The lowest BCUT2D eigenvalue weighted by molar-refractivity contribution is 0.682. The average molecular weight is 518 g/mol. The van der Waals surface area contributed by atoms with Crippen LogP contribution in [0.25, 0.3) is 22.3 Å². The maximum atomic E-state index is 6.36. The van der Waals surface area contributed by atoms with Crippen molar-refractivity contribution in [3.63, 3.8) is 0 Å². The summed E-state index contributed by atoms with van der Waals surface area (Å²) in [5.74, 6) is 0. The van der Waals surface area contributed by atoms with Crippen LogP contribution in [-0.4, -0.2) is 16.0 Å². The second kappa shape index (κ2) is 12.0. The standard InChI is InChI=1S/C34H39N5/c1-8-25(18-29(9-2)37-21(3)4)32-16-15-31(35)34(39-32)22(5)24(7)38-33-20-36-19-30(23(33)6)28-14-13-26-11-10-12-27(26)17-28/h8-9,13-21,37-38H,2,5,7,10-12,35H2,1,3-4,6H3/b25-8+,29-18+. The van der Waals surface area contributed by atoms with E-state index in [4.69, 9.17) is 10.7 Å². The monoisotopic (exact) mass is 517 g/mol. The molecule has 1 aromatic carbocycles. The van der Waals surface area contributed by atoms with Gasteiger partial charge < -0.3 is 16.4 Å². The second-order valence-corrected chi connectivity index (χ2v) is 10.3. The number of hydrogen-bond donors (Lipinski definition) is 3. The van der Waals surface area contributed by atoms with Crippen molar-refractivity contribution in [3.05, 3.63) is 120 Å². The number of nitrogens with one attached hydrogen (secondary N) is 2. The Bertz CT molecular complexity index is 1490. The van der Waals surface area contributed by atoms with Crippen molar-refractivity contribution in [1.29, 1.82) is 0 Å². The number of rotatable bonds is 10. The van der Waals surface area contributed by atoms with E-state index in [9.17, 15) is 0 Å². The summed E-state index contributed by atoms with van der Waals surface area (Å²) < 4.78 is 0. The van der Waals surface area contributed by atoms with Crippen LogP contribution in [0.15, 0.2) is 92.1 Å². The van der Waals surface area contributed by atoms with Crippen molar-refractivity contribution >= 4 is 22.5 Å². The Hall–Kier alpha value is -4.38. The molecule has 3 aromatic rings. The maximum Gasteiger partial charge on any atom is 0.0953 e.